The summed E-state index contributed by atoms with van der Waals surface area (Å²) in [7, 11) is -0.767. The Labute approximate surface area is 138 Å². The number of amides is 1. The van der Waals surface area contributed by atoms with E-state index in [-0.39, 0.29) is 41.2 Å². The Kier molecular flexibility index (Phi) is 4.49. The third-order valence-corrected chi connectivity index (χ3v) is 10.1. The lowest BCUT2D eigenvalue weighted by Gasteiger charge is -2.49. The molecule has 2 heterocycles. The number of ether oxygens (including phenoxy) is 1. The molecule has 2 rings (SSSR count). The van der Waals surface area contributed by atoms with Gasteiger partial charge in [0.1, 0.15) is 0 Å². The van der Waals surface area contributed by atoms with Crippen molar-refractivity contribution in [3.63, 3.8) is 0 Å². The van der Waals surface area contributed by atoms with Crippen LogP contribution in [0.1, 0.15) is 34.1 Å². The third-order valence-electron chi connectivity index (χ3n) is 5.52. The molecule has 130 valence electrons. The van der Waals surface area contributed by atoms with E-state index in [0.717, 1.165) is 0 Å². The van der Waals surface area contributed by atoms with Gasteiger partial charge in [-0.15, -0.1) is 0 Å². The molecule has 1 amide bonds. The first-order valence-electron chi connectivity index (χ1n) is 8.03. The summed E-state index contributed by atoms with van der Waals surface area (Å²) in [5.74, 6) is -1.41. The lowest BCUT2D eigenvalue weighted by atomic mass is 9.84. The van der Waals surface area contributed by atoms with Crippen molar-refractivity contribution in [3.8, 4) is 0 Å². The van der Waals surface area contributed by atoms with Gasteiger partial charge in [0.25, 0.3) is 0 Å². The van der Waals surface area contributed by atoms with Crippen molar-refractivity contribution in [2.24, 2.45) is 5.92 Å². The average molecular weight is 341 g/mol. The Bertz CT molecular complexity index is 539. The van der Waals surface area contributed by atoms with Gasteiger partial charge in [0.2, 0.25) is 5.91 Å². The zero-order valence-corrected chi connectivity index (χ0v) is 16.0. The van der Waals surface area contributed by atoms with Gasteiger partial charge in [-0.3, -0.25) is 9.59 Å². The topological polar surface area (TPSA) is 72.9 Å². The summed E-state index contributed by atoms with van der Waals surface area (Å²) in [4.78, 5) is 37.7. The van der Waals surface area contributed by atoms with Crippen LogP contribution in [0.2, 0.25) is 18.1 Å². The highest BCUT2D eigenvalue weighted by Crippen LogP contribution is 2.44. The first-order valence-corrected chi connectivity index (χ1v) is 10.9. The van der Waals surface area contributed by atoms with E-state index in [9.17, 15) is 14.4 Å². The lowest BCUT2D eigenvalue weighted by Crippen LogP contribution is -2.66. The molecule has 2 fully saturated rings. The number of carbonyl (C=O) groups excluding carboxylic acids is 3. The van der Waals surface area contributed by atoms with Crippen LogP contribution in [-0.2, 0) is 23.5 Å². The smallest absolute Gasteiger partial charge is 0.336 e. The van der Waals surface area contributed by atoms with E-state index in [1.807, 2.05) is 6.92 Å². The largest absolute Gasteiger partial charge is 0.467 e. The minimum Gasteiger partial charge on any atom is -0.467 e. The highest BCUT2D eigenvalue weighted by Gasteiger charge is 2.62. The highest BCUT2D eigenvalue weighted by molar-refractivity contribution is 6.74. The molecule has 2 saturated heterocycles. The van der Waals surface area contributed by atoms with E-state index in [2.05, 4.69) is 38.6 Å². The third kappa shape index (κ3) is 2.84. The molecule has 2 aliphatic heterocycles. The number of ketones is 1. The molecule has 0 bridgehead atoms. The van der Waals surface area contributed by atoms with Crippen molar-refractivity contribution in [1.82, 2.24) is 4.90 Å². The molecule has 0 radical (unpaired) electrons. The number of hydrogen-bond donors (Lipinski definition) is 0. The maximum atomic E-state index is 12.5. The minimum absolute atomic E-state index is 0.0494. The maximum Gasteiger partial charge on any atom is 0.336 e. The molecule has 6 nitrogen and oxygen atoms in total. The van der Waals surface area contributed by atoms with Crippen molar-refractivity contribution in [2.45, 2.75) is 70.4 Å². The average Bonchev–Trinajstić information content (AvgIpc) is 2.69. The second-order valence-corrected chi connectivity index (χ2v) is 12.8. The number of nitrogens with zero attached hydrogens (tertiary/aromatic N) is 1. The summed E-state index contributed by atoms with van der Waals surface area (Å²) in [5.41, 5.74) is 0. The fourth-order valence-electron chi connectivity index (χ4n) is 3.19. The van der Waals surface area contributed by atoms with E-state index in [1.165, 1.54) is 12.0 Å². The Balaban J connectivity index is 2.12. The second kappa shape index (κ2) is 5.70. The van der Waals surface area contributed by atoms with Crippen LogP contribution in [-0.4, -0.2) is 56.2 Å². The van der Waals surface area contributed by atoms with E-state index in [1.54, 1.807) is 0 Å². The fourth-order valence-corrected chi connectivity index (χ4v) is 4.62. The van der Waals surface area contributed by atoms with Crippen LogP contribution < -0.4 is 0 Å². The van der Waals surface area contributed by atoms with Crippen LogP contribution >= 0.6 is 0 Å². The number of esters is 1. The molecule has 2 aliphatic rings. The number of carbonyl (C=O) groups is 3. The van der Waals surface area contributed by atoms with Crippen LogP contribution in [0.3, 0.4) is 0 Å². The molecule has 0 N–H and O–H groups in total. The van der Waals surface area contributed by atoms with Crippen molar-refractivity contribution in [1.29, 1.82) is 0 Å². The molecule has 23 heavy (non-hydrogen) atoms. The normalized spacial score (nSPS) is 29.2. The van der Waals surface area contributed by atoms with E-state index >= 15 is 0 Å². The summed E-state index contributed by atoms with van der Waals surface area (Å²) in [6, 6.07) is -1.30. The maximum absolute atomic E-state index is 12.5. The molecule has 7 heteroatoms. The number of hydrogen-bond acceptors (Lipinski definition) is 5. The van der Waals surface area contributed by atoms with Gasteiger partial charge in [-0.05, 0) is 25.1 Å². The van der Waals surface area contributed by atoms with Crippen molar-refractivity contribution in [2.75, 3.05) is 7.11 Å². The molecular weight excluding hydrogens is 314 g/mol. The van der Waals surface area contributed by atoms with Crippen molar-refractivity contribution < 1.29 is 23.5 Å². The molecule has 0 aliphatic carbocycles. The van der Waals surface area contributed by atoms with E-state index in [4.69, 9.17) is 4.43 Å². The quantitative estimate of drug-likeness (QED) is 0.337. The van der Waals surface area contributed by atoms with Crippen molar-refractivity contribution >= 4 is 26.0 Å². The summed E-state index contributed by atoms with van der Waals surface area (Å²) in [6.07, 6.45) is -0.0460. The monoisotopic (exact) mass is 341 g/mol. The van der Waals surface area contributed by atoms with Crippen LogP contribution in [0, 0.1) is 5.92 Å². The number of Topliss-reactive ketones (excluding diaryl/α,β-unsaturated/α-hetero) is 1. The second-order valence-electron chi connectivity index (χ2n) is 8.02. The zero-order valence-electron chi connectivity index (χ0n) is 15.0. The molecule has 0 aromatic heterocycles. The Morgan fingerprint density at radius 2 is 1.87 bits per heavy atom. The number of fused-ring (bicyclic) bond motifs is 1. The first kappa shape index (κ1) is 18.1. The van der Waals surface area contributed by atoms with Crippen molar-refractivity contribution in [3.05, 3.63) is 0 Å². The SMILES string of the molecule is COC(=O)[C@H]1C(=O)C[C@@H]2[C@@H]([C@@H](C)O[Si](C)(C)C(C)(C)C)C(=O)N12. The van der Waals surface area contributed by atoms with Gasteiger partial charge >= 0.3 is 5.97 Å². The van der Waals surface area contributed by atoms with Crippen LogP contribution in [0.15, 0.2) is 0 Å². The Hall–Kier alpha value is -1.21. The van der Waals surface area contributed by atoms with E-state index < -0.39 is 20.3 Å². The molecule has 0 unspecified atom stereocenters. The van der Waals surface area contributed by atoms with Gasteiger partial charge in [-0.1, -0.05) is 20.8 Å². The van der Waals surface area contributed by atoms with E-state index in [0.29, 0.717) is 0 Å². The molecule has 0 saturated carbocycles. The fraction of sp³-hybridized carbons (Fsp3) is 0.812. The summed E-state index contributed by atoms with van der Waals surface area (Å²) in [5, 5.41) is 0.0494. The van der Waals surface area contributed by atoms with Gasteiger partial charge in [0.05, 0.1) is 25.2 Å². The predicted octanol–water partition coefficient (Wildman–Crippen LogP) is 1.74. The molecule has 0 aromatic rings. The van der Waals surface area contributed by atoms with Crippen LogP contribution in [0.5, 0.6) is 0 Å². The molecule has 0 aromatic carbocycles. The van der Waals surface area contributed by atoms with Crippen LogP contribution in [0.4, 0.5) is 0 Å². The first-order chi connectivity index (χ1) is 10.4. The molecule has 4 atom stereocenters. The van der Waals surface area contributed by atoms with Crippen LogP contribution in [0.25, 0.3) is 0 Å². The lowest BCUT2D eigenvalue weighted by molar-refractivity contribution is -0.170. The zero-order chi connectivity index (χ0) is 17.7. The summed E-state index contributed by atoms with van der Waals surface area (Å²) >= 11 is 0. The number of β-lactam (4-membered cyclic amide) rings is 1. The number of rotatable bonds is 4. The minimum atomic E-state index is -2.00. The van der Waals surface area contributed by atoms with Gasteiger partial charge in [-0.25, -0.2) is 4.79 Å². The predicted molar refractivity (Wildman–Crippen MR) is 87.3 cm³/mol. The van der Waals surface area contributed by atoms with Gasteiger partial charge in [0.15, 0.2) is 20.1 Å². The summed E-state index contributed by atoms with van der Waals surface area (Å²) < 4.78 is 11.0. The van der Waals surface area contributed by atoms with Gasteiger partial charge in [0, 0.05) is 6.42 Å². The molecular formula is C16H27NO5Si. The van der Waals surface area contributed by atoms with Gasteiger partial charge in [-0.2, -0.15) is 0 Å². The highest BCUT2D eigenvalue weighted by atomic mass is 28.4. The Morgan fingerprint density at radius 3 is 2.35 bits per heavy atom. The number of methoxy groups -OCH3 is 1. The summed E-state index contributed by atoms with van der Waals surface area (Å²) in [6.45, 7) is 12.6. The van der Waals surface area contributed by atoms with Gasteiger partial charge < -0.3 is 14.1 Å². The molecule has 0 spiro atoms. The Morgan fingerprint density at radius 1 is 1.30 bits per heavy atom. The standard InChI is InChI=1S/C16H27NO5Si/c1-9(22-23(6,7)16(2,3)4)12-10-8-11(18)13(15(20)21-5)17(10)14(12)19/h9-10,12-13H,8H2,1-7H3/t9-,10-,12-,13-/m1/s1.